The molecular formula is C16H25NO. The Morgan fingerprint density at radius 3 is 2.83 bits per heavy atom. The van der Waals surface area contributed by atoms with Gasteiger partial charge < -0.3 is 10.5 Å². The number of hydrogen-bond donors (Lipinski definition) is 1. The highest BCUT2D eigenvalue weighted by Crippen LogP contribution is 2.29. The molecule has 2 nitrogen and oxygen atoms in total. The number of hydrogen-bond acceptors (Lipinski definition) is 2. The first-order valence-corrected chi connectivity index (χ1v) is 7.15. The van der Waals surface area contributed by atoms with Crippen LogP contribution in [-0.2, 0) is 6.42 Å². The Kier molecular flexibility index (Phi) is 4.65. The van der Waals surface area contributed by atoms with Gasteiger partial charge in [0.1, 0.15) is 5.75 Å². The van der Waals surface area contributed by atoms with Crippen molar-refractivity contribution in [3.8, 4) is 5.75 Å². The van der Waals surface area contributed by atoms with Crippen LogP contribution in [-0.4, -0.2) is 12.1 Å². The fraction of sp³-hybridized carbons (Fsp3) is 0.625. The fourth-order valence-corrected chi connectivity index (χ4v) is 2.80. The summed E-state index contributed by atoms with van der Waals surface area (Å²) < 4.78 is 6.20. The van der Waals surface area contributed by atoms with Crippen LogP contribution in [0.4, 0.5) is 0 Å². The van der Waals surface area contributed by atoms with Crippen LogP contribution < -0.4 is 10.5 Å². The highest BCUT2D eigenvalue weighted by Gasteiger charge is 2.21. The third-order valence-corrected chi connectivity index (χ3v) is 3.70. The van der Waals surface area contributed by atoms with Gasteiger partial charge in [0.15, 0.2) is 0 Å². The van der Waals surface area contributed by atoms with E-state index in [1.165, 1.54) is 31.2 Å². The maximum absolute atomic E-state index is 6.20. The highest BCUT2D eigenvalue weighted by atomic mass is 16.5. The summed E-state index contributed by atoms with van der Waals surface area (Å²) in [5.74, 6) is 1.83. The molecule has 1 aromatic rings. The monoisotopic (exact) mass is 247 g/mol. The van der Waals surface area contributed by atoms with Crippen molar-refractivity contribution in [2.24, 2.45) is 11.7 Å². The summed E-state index contributed by atoms with van der Waals surface area (Å²) in [7, 11) is 0. The molecule has 1 saturated carbocycles. The number of rotatable bonds is 4. The molecule has 1 aliphatic rings. The van der Waals surface area contributed by atoms with Crippen molar-refractivity contribution in [2.45, 2.75) is 58.1 Å². The van der Waals surface area contributed by atoms with Gasteiger partial charge in [-0.05, 0) is 50.2 Å². The molecule has 2 rings (SSSR count). The Morgan fingerprint density at radius 1 is 1.33 bits per heavy atom. The zero-order valence-electron chi connectivity index (χ0n) is 11.6. The summed E-state index contributed by atoms with van der Waals surface area (Å²) in [5.41, 5.74) is 7.13. The number of nitrogens with two attached hydrogens (primary N) is 1. The largest absolute Gasteiger partial charge is 0.490 e. The van der Waals surface area contributed by atoms with Crippen LogP contribution in [0.15, 0.2) is 24.3 Å². The number of para-hydroxylation sites is 1. The van der Waals surface area contributed by atoms with Crippen LogP contribution >= 0.6 is 0 Å². The van der Waals surface area contributed by atoms with E-state index in [2.05, 4.69) is 25.1 Å². The minimum Gasteiger partial charge on any atom is -0.490 e. The molecule has 0 heterocycles. The van der Waals surface area contributed by atoms with Crippen LogP contribution in [0.2, 0.25) is 0 Å². The first kappa shape index (κ1) is 13.4. The van der Waals surface area contributed by atoms with E-state index in [0.717, 1.165) is 18.1 Å². The molecule has 2 N–H and O–H groups in total. The summed E-state index contributed by atoms with van der Waals surface area (Å²) >= 11 is 0. The van der Waals surface area contributed by atoms with Gasteiger partial charge in [0.25, 0.3) is 0 Å². The van der Waals surface area contributed by atoms with Crippen molar-refractivity contribution in [1.29, 1.82) is 0 Å². The fourth-order valence-electron chi connectivity index (χ4n) is 2.80. The van der Waals surface area contributed by atoms with Crippen molar-refractivity contribution >= 4 is 0 Å². The lowest BCUT2D eigenvalue weighted by Gasteiger charge is -2.28. The van der Waals surface area contributed by atoms with Gasteiger partial charge >= 0.3 is 0 Å². The van der Waals surface area contributed by atoms with E-state index in [0.29, 0.717) is 6.10 Å². The molecule has 1 fully saturated rings. The van der Waals surface area contributed by atoms with E-state index in [-0.39, 0.29) is 6.04 Å². The molecule has 0 saturated heterocycles. The summed E-state index contributed by atoms with van der Waals surface area (Å²) in [4.78, 5) is 0. The van der Waals surface area contributed by atoms with Crippen LogP contribution in [0.3, 0.4) is 0 Å². The van der Waals surface area contributed by atoms with Crippen LogP contribution in [0, 0.1) is 5.92 Å². The molecule has 18 heavy (non-hydrogen) atoms. The van der Waals surface area contributed by atoms with Crippen molar-refractivity contribution in [2.75, 3.05) is 0 Å². The SMILES string of the molecule is CC(N)Cc1ccccc1OC1CCCC(C)C1. The van der Waals surface area contributed by atoms with E-state index in [4.69, 9.17) is 10.5 Å². The van der Waals surface area contributed by atoms with Crippen LogP contribution in [0.5, 0.6) is 5.75 Å². The Hall–Kier alpha value is -1.02. The lowest BCUT2D eigenvalue weighted by molar-refractivity contribution is 0.128. The number of benzene rings is 1. The quantitative estimate of drug-likeness (QED) is 0.883. The van der Waals surface area contributed by atoms with E-state index in [1.54, 1.807) is 0 Å². The molecule has 0 bridgehead atoms. The minimum atomic E-state index is 0.181. The van der Waals surface area contributed by atoms with Crippen LogP contribution in [0.25, 0.3) is 0 Å². The first-order valence-electron chi connectivity index (χ1n) is 7.15. The van der Waals surface area contributed by atoms with Gasteiger partial charge in [-0.2, -0.15) is 0 Å². The molecule has 100 valence electrons. The van der Waals surface area contributed by atoms with Gasteiger partial charge in [0, 0.05) is 6.04 Å². The maximum atomic E-state index is 6.20. The Bertz CT molecular complexity index is 375. The molecule has 2 heteroatoms. The first-order chi connectivity index (χ1) is 8.65. The maximum Gasteiger partial charge on any atom is 0.122 e. The van der Waals surface area contributed by atoms with Gasteiger partial charge in [-0.15, -0.1) is 0 Å². The topological polar surface area (TPSA) is 35.2 Å². The molecule has 0 amide bonds. The van der Waals surface area contributed by atoms with Gasteiger partial charge in [0.05, 0.1) is 6.10 Å². The van der Waals surface area contributed by atoms with Crippen molar-refractivity contribution < 1.29 is 4.74 Å². The standard InChI is InChI=1S/C16H25NO/c1-12-6-5-8-15(10-12)18-16-9-4-3-7-14(16)11-13(2)17/h3-4,7,9,12-13,15H,5-6,8,10-11,17H2,1-2H3. The predicted molar refractivity (Wildman–Crippen MR) is 75.8 cm³/mol. The van der Waals surface area contributed by atoms with Gasteiger partial charge in [-0.25, -0.2) is 0 Å². The van der Waals surface area contributed by atoms with E-state index >= 15 is 0 Å². The summed E-state index contributed by atoms with van der Waals surface area (Å²) in [6.45, 7) is 4.36. The van der Waals surface area contributed by atoms with Gasteiger partial charge in [-0.1, -0.05) is 31.5 Å². The zero-order chi connectivity index (χ0) is 13.0. The molecule has 0 spiro atoms. The smallest absolute Gasteiger partial charge is 0.122 e. The molecule has 1 aliphatic carbocycles. The molecule has 0 radical (unpaired) electrons. The molecule has 3 unspecified atom stereocenters. The molecule has 0 aromatic heterocycles. The van der Waals surface area contributed by atoms with E-state index in [1.807, 2.05) is 13.0 Å². The minimum absolute atomic E-state index is 0.181. The normalized spacial score (nSPS) is 25.7. The van der Waals surface area contributed by atoms with E-state index < -0.39 is 0 Å². The van der Waals surface area contributed by atoms with Crippen molar-refractivity contribution in [3.63, 3.8) is 0 Å². The second-order valence-electron chi connectivity index (χ2n) is 5.80. The average Bonchev–Trinajstić information content (AvgIpc) is 2.31. The van der Waals surface area contributed by atoms with Crippen molar-refractivity contribution in [3.05, 3.63) is 29.8 Å². The lowest BCUT2D eigenvalue weighted by Crippen LogP contribution is -2.25. The summed E-state index contributed by atoms with van der Waals surface area (Å²) in [6, 6.07) is 8.50. The molecule has 1 aromatic carbocycles. The lowest BCUT2D eigenvalue weighted by atomic mass is 9.88. The molecular weight excluding hydrogens is 222 g/mol. The molecule has 0 aliphatic heterocycles. The second kappa shape index (κ2) is 6.24. The third-order valence-electron chi connectivity index (χ3n) is 3.70. The summed E-state index contributed by atoms with van der Waals surface area (Å²) in [6.07, 6.45) is 6.30. The van der Waals surface area contributed by atoms with Gasteiger partial charge in [0.2, 0.25) is 0 Å². The Morgan fingerprint density at radius 2 is 2.11 bits per heavy atom. The van der Waals surface area contributed by atoms with Gasteiger partial charge in [-0.3, -0.25) is 0 Å². The average molecular weight is 247 g/mol. The molecule has 3 atom stereocenters. The third kappa shape index (κ3) is 3.74. The summed E-state index contributed by atoms with van der Waals surface area (Å²) in [5, 5.41) is 0. The number of ether oxygens (including phenoxy) is 1. The Labute approximate surface area is 111 Å². The predicted octanol–water partition coefficient (Wildman–Crippen LogP) is 3.53. The highest BCUT2D eigenvalue weighted by molar-refractivity contribution is 5.34. The zero-order valence-corrected chi connectivity index (χ0v) is 11.6. The van der Waals surface area contributed by atoms with E-state index in [9.17, 15) is 0 Å². The second-order valence-corrected chi connectivity index (χ2v) is 5.80. The van der Waals surface area contributed by atoms with Crippen molar-refractivity contribution in [1.82, 2.24) is 0 Å². The van der Waals surface area contributed by atoms with Crippen LogP contribution in [0.1, 0.15) is 45.1 Å². The Balaban J connectivity index is 2.03.